The molecule has 1 amide bonds. The van der Waals surface area contributed by atoms with Gasteiger partial charge in [-0.05, 0) is 19.3 Å². The maximum atomic E-state index is 11.0. The van der Waals surface area contributed by atoms with Crippen molar-refractivity contribution in [2.45, 2.75) is 20.3 Å². The second kappa shape index (κ2) is 4.31. The zero-order valence-electron chi connectivity index (χ0n) is 7.64. The zero-order chi connectivity index (χ0) is 9.68. The molecule has 0 fully saturated rings. The number of aryl methyl sites for hydroxylation is 1. The maximum absolute atomic E-state index is 11.0. The fourth-order valence-corrected chi connectivity index (χ4v) is 0.946. The lowest BCUT2D eigenvalue weighted by Gasteiger charge is -1.98. The third-order valence-electron chi connectivity index (χ3n) is 1.58. The minimum absolute atomic E-state index is 0.318. The first-order valence-electron chi connectivity index (χ1n) is 4.04. The molecule has 4 nitrogen and oxygen atoms in total. The van der Waals surface area contributed by atoms with Gasteiger partial charge in [0.1, 0.15) is 5.82 Å². The van der Waals surface area contributed by atoms with E-state index in [0.29, 0.717) is 5.82 Å². The predicted octanol–water partition coefficient (Wildman–Crippen LogP) is 0.934. The van der Waals surface area contributed by atoms with Gasteiger partial charge in [0.05, 0.1) is 6.20 Å². The van der Waals surface area contributed by atoms with E-state index in [1.54, 1.807) is 13.1 Å². The third-order valence-corrected chi connectivity index (χ3v) is 1.58. The van der Waals surface area contributed by atoms with Gasteiger partial charge < -0.3 is 0 Å². The molecule has 4 heteroatoms. The van der Waals surface area contributed by atoms with E-state index in [9.17, 15) is 4.79 Å². The topological polar surface area (TPSA) is 57.8 Å². The van der Waals surface area contributed by atoms with E-state index in [1.165, 1.54) is 0 Å². The first-order chi connectivity index (χ1) is 6.27. The molecular weight excluding hydrogens is 166 g/mol. The van der Waals surface area contributed by atoms with E-state index in [-0.39, 0.29) is 5.91 Å². The molecule has 1 heterocycles. The Labute approximate surface area is 76.7 Å². The van der Waals surface area contributed by atoms with Gasteiger partial charge in [0.15, 0.2) is 0 Å². The van der Waals surface area contributed by atoms with Crippen LogP contribution in [0.5, 0.6) is 0 Å². The SMILES string of the molecule is CC#CC(=O)Nc1[nH]ncc1CC. The Kier molecular flexibility index (Phi) is 3.09. The fraction of sp³-hybridized carbons (Fsp3) is 0.333. The van der Waals surface area contributed by atoms with E-state index < -0.39 is 0 Å². The Balaban J connectivity index is 2.72. The number of carbonyl (C=O) groups excluding carboxylic acids is 1. The molecule has 1 rings (SSSR count). The standard InChI is InChI=1S/C9H11N3O/c1-3-5-8(13)11-9-7(4-2)6-10-12-9/h6H,4H2,1-2H3,(H2,10,11,12,13). The number of hydrogen-bond acceptors (Lipinski definition) is 2. The highest BCUT2D eigenvalue weighted by Gasteiger charge is 2.04. The van der Waals surface area contributed by atoms with Crippen LogP contribution in [0.25, 0.3) is 0 Å². The van der Waals surface area contributed by atoms with Gasteiger partial charge in [-0.2, -0.15) is 5.10 Å². The first kappa shape index (κ1) is 9.33. The van der Waals surface area contributed by atoms with Crippen LogP contribution in [-0.4, -0.2) is 16.1 Å². The molecular formula is C9H11N3O. The van der Waals surface area contributed by atoms with Crippen molar-refractivity contribution in [3.8, 4) is 11.8 Å². The molecule has 0 aliphatic rings. The van der Waals surface area contributed by atoms with E-state index in [0.717, 1.165) is 12.0 Å². The van der Waals surface area contributed by atoms with Gasteiger partial charge in [0.25, 0.3) is 0 Å². The van der Waals surface area contributed by atoms with Gasteiger partial charge >= 0.3 is 5.91 Å². The second-order valence-electron chi connectivity index (χ2n) is 2.45. The van der Waals surface area contributed by atoms with E-state index in [2.05, 4.69) is 27.4 Å². The maximum Gasteiger partial charge on any atom is 0.301 e. The predicted molar refractivity (Wildman–Crippen MR) is 50.0 cm³/mol. The lowest BCUT2D eigenvalue weighted by molar-refractivity contribution is -0.111. The molecule has 0 aliphatic carbocycles. The number of nitrogens with zero attached hydrogens (tertiary/aromatic N) is 1. The van der Waals surface area contributed by atoms with E-state index >= 15 is 0 Å². The molecule has 0 bridgehead atoms. The van der Waals surface area contributed by atoms with Crippen LogP contribution in [0.4, 0.5) is 5.82 Å². The zero-order valence-corrected chi connectivity index (χ0v) is 7.64. The summed E-state index contributed by atoms with van der Waals surface area (Å²) in [5.74, 6) is 5.22. The average molecular weight is 177 g/mol. The van der Waals surface area contributed by atoms with Crippen molar-refractivity contribution >= 4 is 11.7 Å². The van der Waals surface area contributed by atoms with E-state index in [4.69, 9.17) is 0 Å². The summed E-state index contributed by atoms with van der Waals surface area (Å²) in [6, 6.07) is 0. The Bertz CT molecular complexity index is 356. The van der Waals surface area contributed by atoms with E-state index in [1.807, 2.05) is 6.92 Å². The number of carbonyl (C=O) groups is 1. The summed E-state index contributed by atoms with van der Waals surface area (Å²) in [4.78, 5) is 11.0. The molecule has 1 aromatic heterocycles. The van der Waals surface area contributed by atoms with Crippen LogP contribution in [0.2, 0.25) is 0 Å². The number of amides is 1. The normalized spacial score (nSPS) is 8.77. The number of rotatable bonds is 2. The van der Waals surface area contributed by atoms with Gasteiger partial charge in [-0.1, -0.05) is 12.8 Å². The van der Waals surface area contributed by atoms with Crippen LogP contribution in [0, 0.1) is 11.8 Å². The smallest absolute Gasteiger partial charge is 0.300 e. The Morgan fingerprint density at radius 1 is 1.77 bits per heavy atom. The van der Waals surface area contributed by atoms with Crippen molar-refractivity contribution in [1.29, 1.82) is 0 Å². The third kappa shape index (κ3) is 2.34. The summed E-state index contributed by atoms with van der Waals surface area (Å²) < 4.78 is 0. The molecule has 0 unspecified atom stereocenters. The number of nitrogens with one attached hydrogen (secondary N) is 2. The average Bonchev–Trinajstić information content (AvgIpc) is 2.52. The van der Waals surface area contributed by atoms with Crippen LogP contribution < -0.4 is 5.32 Å². The lowest BCUT2D eigenvalue weighted by Crippen LogP contribution is -2.10. The van der Waals surface area contributed by atoms with Crippen LogP contribution in [-0.2, 0) is 11.2 Å². The summed E-state index contributed by atoms with van der Waals surface area (Å²) in [6.45, 7) is 3.61. The Morgan fingerprint density at radius 2 is 2.54 bits per heavy atom. The molecule has 0 radical (unpaired) electrons. The number of hydrogen-bond donors (Lipinski definition) is 2. The minimum atomic E-state index is -0.318. The highest BCUT2D eigenvalue weighted by molar-refractivity contribution is 6.03. The molecule has 0 aromatic carbocycles. The number of aromatic amines is 1. The van der Waals surface area contributed by atoms with Crippen LogP contribution >= 0.6 is 0 Å². The van der Waals surface area contributed by atoms with Crippen molar-refractivity contribution < 1.29 is 4.79 Å². The summed E-state index contributed by atoms with van der Waals surface area (Å²) in [6.07, 6.45) is 2.51. The van der Waals surface area contributed by atoms with Crippen LogP contribution in [0.1, 0.15) is 19.4 Å². The lowest BCUT2D eigenvalue weighted by atomic mass is 10.2. The Morgan fingerprint density at radius 3 is 3.15 bits per heavy atom. The molecule has 0 saturated heterocycles. The van der Waals surface area contributed by atoms with Gasteiger partial charge in [0, 0.05) is 5.56 Å². The molecule has 2 N–H and O–H groups in total. The fourth-order valence-electron chi connectivity index (χ4n) is 0.946. The summed E-state index contributed by atoms with van der Waals surface area (Å²) in [5.41, 5.74) is 0.978. The van der Waals surface area contributed by atoms with Crippen LogP contribution in [0.3, 0.4) is 0 Å². The largest absolute Gasteiger partial charge is 0.301 e. The van der Waals surface area contributed by atoms with Gasteiger partial charge in [-0.25, -0.2) is 0 Å². The number of anilines is 1. The van der Waals surface area contributed by atoms with Gasteiger partial charge in [-0.3, -0.25) is 15.2 Å². The van der Waals surface area contributed by atoms with Crippen molar-refractivity contribution in [1.82, 2.24) is 10.2 Å². The van der Waals surface area contributed by atoms with Crippen molar-refractivity contribution in [3.63, 3.8) is 0 Å². The summed E-state index contributed by atoms with van der Waals surface area (Å²) in [7, 11) is 0. The van der Waals surface area contributed by atoms with Gasteiger partial charge in [-0.15, -0.1) is 0 Å². The number of aromatic nitrogens is 2. The molecule has 0 aliphatic heterocycles. The molecule has 13 heavy (non-hydrogen) atoms. The summed E-state index contributed by atoms with van der Waals surface area (Å²) in [5, 5.41) is 9.13. The quantitative estimate of drug-likeness (QED) is 0.660. The molecule has 0 atom stereocenters. The highest BCUT2D eigenvalue weighted by Crippen LogP contribution is 2.10. The molecule has 0 saturated carbocycles. The monoisotopic (exact) mass is 177 g/mol. The second-order valence-corrected chi connectivity index (χ2v) is 2.45. The van der Waals surface area contributed by atoms with Crippen molar-refractivity contribution in [2.24, 2.45) is 0 Å². The van der Waals surface area contributed by atoms with Gasteiger partial charge in [0.2, 0.25) is 0 Å². The van der Waals surface area contributed by atoms with Crippen molar-refractivity contribution in [2.75, 3.05) is 5.32 Å². The minimum Gasteiger partial charge on any atom is -0.300 e. The van der Waals surface area contributed by atoms with Crippen LogP contribution in [0.15, 0.2) is 6.20 Å². The number of H-pyrrole nitrogens is 1. The first-order valence-corrected chi connectivity index (χ1v) is 4.04. The molecule has 68 valence electrons. The highest BCUT2D eigenvalue weighted by atomic mass is 16.1. The Hall–Kier alpha value is -1.76. The summed E-state index contributed by atoms with van der Waals surface area (Å²) >= 11 is 0. The van der Waals surface area contributed by atoms with Crippen molar-refractivity contribution in [3.05, 3.63) is 11.8 Å². The molecule has 1 aromatic rings. The molecule has 0 spiro atoms.